The maximum Gasteiger partial charge on any atom is 0.241 e. The van der Waals surface area contributed by atoms with Crippen LogP contribution in [0, 0.1) is 24.7 Å². The van der Waals surface area contributed by atoms with Gasteiger partial charge in [0.1, 0.15) is 0 Å². The molecule has 2 amide bonds. The highest BCUT2D eigenvalue weighted by Crippen LogP contribution is 2.33. The third-order valence-corrected chi connectivity index (χ3v) is 6.75. The lowest BCUT2D eigenvalue weighted by atomic mass is 9.88. The number of hydrogen-bond acceptors (Lipinski definition) is 4. The number of carbonyl (C=O) groups is 2. The smallest absolute Gasteiger partial charge is 0.241 e. The molecule has 2 aliphatic rings. The maximum absolute atomic E-state index is 12.7. The number of benzene rings is 1. The van der Waals surface area contributed by atoms with Gasteiger partial charge in [-0.2, -0.15) is 0 Å². The highest BCUT2D eigenvalue weighted by atomic mass is 16.2. The minimum absolute atomic E-state index is 0.0137. The van der Waals surface area contributed by atoms with Crippen LogP contribution in [0.5, 0.6) is 0 Å². The number of nitrogens with two attached hydrogens (primary N) is 1. The largest absolute Gasteiger partial charge is 0.380 e. The molecule has 0 spiro atoms. The summed E-state index contributed by atoms with van der Waals surface area (Å²) in [5.41, 5.74) is 8.83. The van der Waals surface area contributed by atoms with E-state index in [0.29, 0.717) is 12.3 Å². The standard InChI is InChI=1S/C25H38N4O2.C4H10/c1-19-7-9-22(10-8-19)18-28-11-13-29(14-12-28)25(31)17-27-20(2)23(16-24(26)30)15-21-5-3-4-6-21;1-4(2)3/h7-10,21,23,27H,2-6,11-18H2,1H3,(H2,26,30);4H,1-3H3. The molecule has 1 saturated heterocycles. The van der Waals surface area contributed by atoms with Gasteiger partial charge in [0.2, 0.25) is 11.8 Å². The van der Waals surface area contributed by atoms with Gasteiger partial charge in [-0.1, -0.05) is 82.9 Å². The molecule has 1 saturated carbocycles. The van der Waals surface area contributed by atoms with E-state index in [9.17, 15) is 9.59 Å². The number of allylic oxidation sites excluding steroid dienone is 1. The Bertz CT molecular complexity index is 789. The molecule has 2 fully saturated rings. The molecule has 0 radical (unpaired) electrons. The van der Waals surface area contributed by atoms with Crippen LogP contribution >= 0.6 is 0 Å². The summed E-state index contributed by atoms with van der Waals surface area (Å²) in [5, 5.41) is 3.21. The third-order valence-electron chi connectivity index (χ3n) is 6.75. The van der Waals surface area contributed by atoms with Crippen LogP contribution in [0.4, 0.5) is 0 Å². The number of carbonyl (C=O) groups excluding carboxylic acids is 2. The SMILES string of the molecule is C=C(NCC(=O)N1CCN(Cc2ccc(C)cc2)CC1)C(CC(N)=O)CC1CCCC1.CC(C)C. The topological polar surface area (TPSA) is 78.7 Å². The van der Waals surface area contributed by atoms with Crippen molar-refractivity contribution in [3.63, 3.8) is 0 Å². The molecule has 1 unspecified atom stereocenters. The first-order valence-electron chi connectivity index (χ1n) is 13.4. The number of hydrogen-bond donors (Lipinski definition) is 2. The van der Waals surface area contributed by atoms with E-state index in [4.69, 9.17) is 5.73 Å². The fourth-order valence-electron chi connectivity index (χ4n) is 4.79. The molecule has 196 valence electrons. The summed E-state index contributed by atoms with van der Waals surface area (Å²) in [6.07, 6.45) is 6.20. The van der Waals surface area contributed by atoms with Crippen LogP contribution in [0.15, 0.2) is 36.5 Å². The fourth-order valence-corrected chi connectivity index (χ4v) is 4.79. The first-order valence-corrected chi connectivity index (χ1v) is 13.4. The van der Waals surface area contributed by atoms with E-state index < -0.39 is 0 Å². The van der Waals surface area contributed by atoms with Crippen molar-refractivity contribution in [2.75, 3.05) is 32.7 Å². The van der Waals surface area contributed by atoms with Crippen molar-refractivity contribution in [2.45, 2.75) is 72.8 Å². The van der Waals surface area contributed by atoms with Gasteiger partial charge < -0.3 is 16.0 Å². The summed E-state index contributed by atoms with van der Waals surface area (Å²) < 4.78 is 0. The number of rotatable bonds is 10. The molecule has 1 aliphatic heterocycles. The molecule has 3 N–H and O–H groups in total. The zero-order chi connectivity index (χ0) is 25.8. The summed E-state index contributed by atoms with van der Waals surface area (Å²) in [4.78, 5) is 28.5. The lowest BCUT2D eigenvalue weighted by molar-refractivity contribution is -0.131. The predicted molar refractivity (Wildman–Crippen MR) is 145 cm³/mol. The molecule has 1 aliphatic carbocycles. The second-order valence-electron chi connectivity index (χ2n) is 11.0. The Hall–Kier alpha value is -2.34. The summed E-state index contributed by atoms with van der Waals surface area (Å²) in [6.45, 7) is 17.1. The van der Waals surface area contributed by atoms with E-state index in [1.807, 2.05) is 4.90 Å². The Balaban J connectivity index is 0.00000100. The average molecular weight is 485 g/mol. The number of aryl methyl sites for hydroxylation is 1. The minimum Gasteiger partial charge on any atom is -0.380 e. The molecule has 1 aromatic rings. The Labute approximate surface area is 213 Å². The van der Waals surface area contributed by atoms with Crippen LogP contribution in [0.1, 0.15) is 70.4 Å². The van der Waals surface area contributed by atoms with Gasteiger partial charge in [0, 0.05) is 50.8 Å². The molecule has 6 heteroatoms. The van der Waals surface area contributed by atoms with Crippen molar-refractivity contribution in [3.05, 3.63) is 47.7 Å². The number of primary amides is 1. The van der Waals surface area contributed by atoms with Gasteiger partial charge in [-0.3, -0.25) is 14.5 Å². The zero-order valence-electron chi connectivity index (χ0n) is 22.5. The van der Waals surface area contributed by atoms with Crippen molar-refractivity contribution in [3.8, 4) is 0 Å². The monoisotopic (exact) mass is 484 g/mol. The minimum atomic E-state index is -0.304. The van der Waals surface area contributed by atoms with Crippen molar-refractivity contribution in [1.82, 2.24) is 15.1 Å². The van der Waals surface area contributed by atoms with Gasteiger partial charge in [0.05, 0.1) is 6.54 Å². The summed E-state index contributed by atoms with van der Waals surface area (Å²) in [7, 11) is 0. The van der Waals surface area contributed by atoms with Gasteiger partial charge in [-0.05, 0) is 30.7 Å². The van der Waals surface area contributed by atoms with E-state index >= 15 is 0 Å². The van der Waals surface area contributed by atoms with Crippen LogP contribution in [0.3, 0.4) is 0 Å². The zero-order valence-corrected chi connectivity index (χ0v) is 22.5. The summed E-state index contributed by atoms with van der Waals surface area (Å²) in [6, 6.07) is 8.64. The third kappa shape index (κ3) is 11.3. The van der Waals surface area contributed by atoms with E-state index in [2.05, 4.69) is 68.8 Å². The number of piperazine rings is 1. The second kappa shape index (κ2) is 14.9. The lowest BCUT2D eigenvalue weighted by Crippen LogP contribution is -2.50. The first-order chi connectivity index (χ1) is 16.6. The average Bonchev–Trinajstić information content (AvgIpc) is 3.31. The van der Waals surface area contributed by atoms with Crippen LogP contribution in [-0.4, -0.2) is 54.3 Å². The quantitative estimate of drug-likeness (QED) is 0.513. The van der Waals surface area contributed by atoms with Crippen molar-refractivity contribution in [1.29, 1.82) is 0 Å². The van der Waals surface area contributed by atoms with Crippen molar-refractivity contribution < 1.29 is 9.59 Å². The van der Waals surface area contributed by atoms with Gasteiger partial charge in [-0.15, -0.1) is 0 Å². The molecule has 1 heterocycles. The highest BCUT2D eigenvalue weighted by molar-refractivity contribution is 5.78. The highest BCUT2D eigenvalue weighted by Gasteiger charge is 2.25. The Kier molecular flexibility index (Phi) is 12.3. The lowest BCUT2D eigenvalue weighted by Gasteiger charge is -2.35. The number of amides is 2. The molecule has 1 atom stereocenters. The van der Waals surface area contributed by atoms with Crippen LogP contribution < -0.4 is 11.1 Å². The van der Waals surface area contributed by atoms with Crippen LogP contribution in [0.2, 0.25) is 0 Å². The molecule has 6 nitrogen and oxygen atoms in total. The van der Waals surface area contributed by atoms with Gasteiger partial charge >= 0.3 is 0 Å². The first kappa shape index (κ1) is 28.9. The molecule has 0 bridgehead atoms. The van der Waals surface area contributed by atoms with Gasteiger partial charge in [0.15, 0.2) is 0 Å². The fraction of sp³-hybridized carbons (Fsp3) is 0.655. The van der Waals surface area contributed by atoms with Crippen molar-refractivity contribution in [2.24, 2.45) is 23.5 Å². The van der Waals surface area contributed by atoms with E-state index in [1.54, 1.807) is 0 Å². The predicted octanol–water partition coefficient (Wildman–Crippen LogP) is 4.48. The van der Waals surface area contributed by atoms with Crippen LogP contribution in [-0.2, 0) is 16.1 Å². The maximum atomic E-state index is 12.7. The van der Waals surface area contributed by atoms with E-state index in [0.717, 1.165) is 50.8 Å². The van der Waals surface area contributed by atoms with E-state index in [1.165, 1.54) is 36.8 Å². The molecule has 0 aromatic heterocycles. The Morgan fingerprint density at radius 2 is 1.63 bits per heavy atom. The molecule has 3 rings (SSSR count). The molecule has 35 heavy (non-hydrogen) atoms. The Morgan fingerprint density at radius 1 is 1.06 bits per heavy atom. The Morgan fingerprint density at radius 3 is 2.17 bits per heavy atom. The van der Waals surface area contributed by atoms with Gasteiger partial charge in [-0.25, -0.2) is 0 Å². The van der Waals surface area contributed by atoms with E-state index in [-0.39, 0.29) is 24.3 Å². The molecular formula is C29H48N4O2. The summed E-state index contributed by atoms with van der Waals surface area (Å²) in [5.74, 6) is 1.27. The normalized spacial score (nSPS) is 17.6. The summed E-state index contributed by atoms with van der Waals surface area (Å²) >= 11 is 0. The number of nitrogens with zero attached hydrogens (tertiary/aromatic N) is 2. The van der Waals surface area contributed by atoms with Gasteiger partial charge in [0.25, 0.3) is 0 Å². The van der Waals surface area contributed by atoms with Crippen LogP contribution in [0.25, 0.3) is 0 Å². The number of nitrogens with one attached hydrogen (secondary N) is 1. The van der Waals surface area contributed by atoms with Crippen molar-refractivity contribution >= 4 is 11.8 Å². The second-order valence-corrected chi connectivity index (χ2v) is 11.0. The molecular weight excluding hydrogens is 436 g/mol. The molecule has 1 aromatic carbocycles.